The second kappa shape index (κ2) is 5.21. The average molecular weight is 303 g/mol. The Morgan fingerprint density at radius 2 is 1.86 bits per heavy atom. The number of fused-ring (bicyclic) bond motifs is 1. The van der Waals surface area contributed by atoms with E-state index in [2.05, 4.69) is 0 Å². The summed E-state index contributed by atoms with van der Waals surface area (Å²) in [4.78, 5) is 13.1. The van der Waals surface area contributed by atoms with Crippen molar-refractivity contribution in [2.75, 3.05) is 11.4 Å². The molecule has 1 aliphatic rings. The topological polar surface area (TPSA) is 74.7 Å². The van der Waals surface area contributed by atoms with Gasteiger partial charge in [-0.3, -0.25) is 0 Å². The molecular formula is C15H13NO4S. The number of aliphatic carboxylic acids is 1. The lowest BCUT2D eigenvalue weighted by atomic mass is 10.1. The van der Waals surface area contributed by atoms with Crippen LogP contribution in [0.2, 0.25) is 0 Å². The first-order valence-electron chi connectivity index (χ1n) is 6.51. The molecule has 0 bridgehead atoms. The van der Waals surface area contributed by atoms with Crippen LogP contribution < -0.4 is 4.90 Å². The molecule has 108 valence electrons. The van der Waals surface area contributed by atoms with Gasteiger partial charge in [0.25, 0.3) is 0 Å². The zero-order chi connectivity index (χ0) is 15.0. The lowest BCUT2D eigenvalue weighted by Gasteiger charge is -2.23. The van der Waals surface area contributed by atoms with E-state index in [-0.39, 0.29) is 11.3 Å². The molecule has 0 saturated carbocycles. The molecule has 1 saturated heterocycles. The monoisotopic (exact) mass is 303 g/mol. The Balaban J connectivity index is 2.09. The molecule has 1 atom stereocenters. The van der Waals surface area contributed by atoms with Crippen molar-refractivity contribution in [2.24, 2.45) is 0 Å². The molecule has 2 aromatic rings. The minimum Gasteiger partial charge on any atom is -0.479 e. The minimum absolute atomic E-state index is 0.0376. The van der Waals surface area contributed by atoms with E-state index in [1.165, 1.54) is 0 Å². The van der Waals surface area contributed by atoms with Crippen LogP contribution in [-0.2, 0) is 15.1 Å². The number of hydrogen-bond donors (Lipinski definition) is 1. The number of carbonyl (C=O) groups is 1. The smallest absolute Gasteiger partial charge is 0.331 e. The van der Waals surface area contributed by atoms with Gasteiger partial charge >= 0.3 is 5.97 Å². The highest BCUT2D eigenvalue weighted by atomic mass is 32.2. The van der Waals surface area contributed by atoms with Gasteiger partial charge in [-0.05, 0) is 22.9 Å². The summed E-state index contributed by atoms with van der Waals surface area (Å²) in [5, 5.41) is 11.4. The van der Waals surface area contributed by atoms with Gasteiger partial charge in [-0.25, -0.2) is 4.79 Å². The fraction of sp³-hybridized carbons (Fsp3) is 0.200. The molecule has 1 unspecified atom stereocenters. The molecular weight excluding hydrogens is 290 g/mol. The Bertz CT molecular complexity index is 849. The third kappa shape index (κ3) is 2.38. The molecule has 0 radical (unpaired) electrons. The van der Waals surface area contributed by atoms with Gasteiger partial charge in [0.15, 0.2) is 6.04 Å². The van der Waals surface area contributed by atoms with Gasteiger partial charge < -0.3 is 10.0 Å². The van der Waals surface area contributed by atoms with Crippen molar-refractivity contribution in [1.29, 1.82) is 0 Å². The number of nitrogens with zero attached hydrogens (tertiary/aromatic N) is 1. The predicted octanol–water partition coefficient (Wildman–Crippen LogP) is 1.55. The van der Waals surface area contributed by atoms with Crippen molar-refractivity contribution in [3.63, 3.8) is 0 Å². The van der Waals surface area contributed by atoms with E-state index in [0.29, 0.717) is 6.54 Å². The second-order valence-electron chi connectivity index (χ2n) is 4.92. The normalized spacial score (nSPS) is 18.2. The summed E-state index contributed by atoms with van der Waals surface area (Å²) in [5.41, 5.74) is 0.724. The summed E-state index contributed by atoms with van der Waals surface area (Å²) in [7, 11) is -2.47. The summed E-state index contributed by atoms with van der Waals surface area (Å²) in [5.74, 6) is -1.14. The van der Waals surface area contributed by atoms with Gasteiger partial charge in [0.2, 0.25) is 10.3 Å². The van der Waals surface area contributed by atoms with Crippen LogP contribution in [0.3, 0.4) is 0 Å². The third-order valence-corrected chi connectivity index (χ3v) is 4.58. The molecule has 0 aliphatic carbocycles. The Morgan fingerprint density at radius 3 is 2.52 bits per heavy atom. The molecule has 1 N–H and O–H groups in total. The first kappa shape index (κ1) is 13.6. The highest BCUT2D eigenvalue weighted by Gasteiger charge is 2.37. The highest BCUT2D eigenvalue weighted by molar-refractivity contribution is 7.73. The molecule has 1 heterocycles. The third-order valence-electron chi connectivity index (χ3n) is 3.73. The van der Waals surface area contributed by atoms with Crippen LogP contribution in [0.5, 0.6) is 0 Å². The van der Waals surface area contributed by atoms with Crippen molar-refractivity contribution in [3.05, 3.63) is 42.5 Å². The second-order valence-corrected chi connectivity index (χ2v) is 5.91. The van der Waals surface area contributed by atoms with Gasteiger partial charge in [-0.15, -0.1) is 0 Å². The van der Waals surface area contributed by atoms with E-state index >= 15 is 0 Å². The molecule has 1 fully saturated rings. The van der Waals surface area contributed by atoms with Crippen molar-refractivity contribution < 1.29 is 18.3 Å². The van der Waals surface area contributed by atoms with Crippen molar-refractivity contribution in [2.45, 2.75) is 12.5 Å². The van der Waals surface area contributed by atoms with Crippen molar-refractivity contribution in [3.8, 4) is 0 Å². The van der Waals surface area contributed by atoms with E-state index in [1.807, 2.05) is 42.5 Å². The number of benzene rings is 2. The van der Waals surface area contributed by atoms with E-state index in [1.54, 1.807) is 4.90 Å². The van der Waals surface area contributed by atoms with Crippen LogP contribution in [0.4, 0.5) is 5.69 Å². The molecule has 0 spiro atoms. The van der Waals surface area contributed by atoms with E-state index in [0.717, 1.165) is 16.5 Å². The van der Waals surface area contributed by atoms with Crippen LogP contribution in [0.1, 0.15) is 6.42 Å². The Labute approximate surface area is 123 Å². The fourth-order valence-electron chi connectivity index (χ4n) is 2.75. The maximum absolute atomic E-state index is 11.4. The Kier molecular flexibility index (Phi) is 3.39. The quantitative estimate of drug-likeness (QED) is 0.852. The fourth-order valence-corrected chi connectivity index (χ4v) is 3.42. The molecule has 5 nitrogen and oxygen atoms in total. The van der Waals surface area contributed by atoms with Crippen LogP contribution in [0, 0.1) is 0 Å². The Morgan fingerprint density at radius 1 is 1.14 bits per heavy atom. The Hall–Kier alpha value is -2.34. The number of hydrogen-bond acceptors (Lipinski definition) is 4. The molecule has 21 heavy (non-hydrogen) atoms. The number of carboxylic acid groups (broad SMARTS) is 1. The van der Waals surface area contributed by atoms with Crippen LogP contribution >= 0.6 is 0 Å². The molecule has 1 aliphatic heterocycles. The van der Waals surface area contributed by atoms with Crippen molar-refractivity contribution in [1.82, 2.24) is 0 Å². The van der Waals surface area contributed by atoms with E-state index in [4.69, 9.17) is 0 Å². The summed E-state index contributed by atoms with van der Waals surface area (Å²) >= 11 is 0. The zero-order valence-corrected chi connectivity index (χ0v) is 11.9. The minimum atomic E-state index is -2.47. The van der Waals surface area contributed by atoms with Crippen LogP contribution in [0.25, 0.3) is 10.8 Å². The van der Waals surface area contributed by atoms with Crippen molar-refractivity contribution >= 4 is 37.6 Å². The summed E-state index contributed by atoms with van der Waals surface area (Å²) in [6.45, 7) is 0.388. The zero-order valence-electron chi connectivity index (χ0n) is 11.1. The molecule has 3 rings (SSSR count). The lowest BCUT2D eigenvalue weighted by molar-refractivity contribution is -0.136. The first-order valence-corrected chi connectivity index (χ1v) is 7.58. The van der Waals surface area contributed by atoms with E-state index < -0.39 is 22.3 Å². The number of anilines is 1. The molecule has 2 aromatic carbocycles. The standard InChI is InChI=1S/C15H13NO4S/c17-15(18)14-13(21(19)20)7-8-16(14)12-6-5-10-3-1-2-4-11(10)9-12/h1-6,9,14H,7-8H2,(H,17,18). The number of rotatable bonds is 2. The van der Waals surface area contributed by atoms with Gasteiger partial charge in [0, 0.05) is 18.7 Å². The van der Waals surface area contributed by atoms with Gasteiger partial charge in [0.05, 0.1) is 4.86 Å². The van der Waals surface area contributed by atoms with E-state index in [9.17, 15) is 18.3 Å². The summed E-state index contributed by atoms with van der Waals surface area (Å²) in [6, 6.07) is 12.3. The van der Waals surface area contributed by atoms with Gasteiger partial charge in [-0.1, -0.05) is 30.3 Å². The SMILES string of the molecule is O=C(O)C1C(=S(=O)=O)CCN1c1ccc2ccccc2c1. The first-order chi connectivity index (χ1) is 10.1. The van der Waals surface area contributed by atoms with Crippen LogP contribution in [-0.4, -0.2) is 36.9 Å². The lowest BCUT2D eigenvalue weighted by Crippen LogP contribution is -2.40. The largest absolute Gasteiger partial charge is 0.479 e. The average Bonchev–Trinajstić information content (AvgIpc) is 2.92. The highest BCUT2D eigenvalue weighted by Crippen LogP contribution is 2.27. The maximum Gasteiger partial charge on any atom is 0.331 e. The maximum atomic E-state index is 11.4. The predicted molar refractivity (Wildman–Crippen MR) is 81.3 cm³/mol. The number of carboxylic acids is 1. The molecule has 6 heteroatoms. The van der Waals surface area contributed by atoms with Gasteiger partial charge in [0.1, 0.15) is 0 Å². The summed E-state index contributed by atoms with van der Waals surface area (Å²) < 4.78 is 22.4. The molecule has 0 amide bonds. The molecule has 0 aromatic heterocycles. The van der Waals surface area contributed by atoms with Gasteiger partial charge in [-0.2, -0.15) is 8.42 Å². The van der Waals surface area contributed by atoms with Crippen LogP contribution in [0.15, 0.2) is 42.5 Å². The summed E-state index contributed by atoms with van der Waals surface area (Å²) in [6.07, 6.45) is 0.250.